The zero-order valence-electron chi connectivity index (χ0n) is 15.8. The van der Waals surface area contributed by atoms with Gasteiger partial charge in [-0.25, -0.2) is 0 Å². The first-order chi connectivity index (χ1) is 14.0. The van der Waals surface area contributed by atoms with Crippen LogP contribution < -0.4 is 15.4 Å². The van der Waals surface area contributed by atoms with Gasteiger partial charge in [-0.05, 0) is 67.6 Å². The number of anilines is 2. The first-order valence-electron chi connectivity index (χ1n) is 9.01. The summed E-state index contributed by atoms with van der Waals surface area (Å²) in [4.78, 5) is 35.4. The summed E-state index contributed by atoms with van der Waals surface area (Å²) in [6, 6.07) is 22.3. The highest BCUT2D eigenvalue weighted by Gasteiger charge is 2.07. The van der Waals surface area contributed by atoms with Crippen LogP contribution in [0.3, 0.4) is 0 Å². The maximum Gasteiger partial charge on any atom is 0.262 e. The topological polar surface area (TPSA) is 84.5 Å². The molecule has 3 aromatic rings. The van der Waals surface area contributed by atoms with E-state index in [9.17, 15) is 14.4 Å². The SMILES string of the molecule is CC(=O)c1ccc(NC(=O)COc2ccc(NC(=O)c3ccccc3)cc2)cc1. The largest absolute Gasteiger partial charge is 0.484 e. The molecular formula is C23H20N2O4. The van der Waals surface area contributed by atoms with Crippen molar-refractivity contribution in [3.8, 4) is 5.75 Å². The van der Waals surface area contributed by atoms with E-state index in [0.717, 1.165) is 0 Å². The predicted molar refractivity (Wildman–Crippen MR) is 111 cm³/mol. The number of ketones is 1. The second kappa shape index (κ2) is 9.32. The Hall–Kier alpha value is -3.93. The number of amides is 2. The molecule has 3 rings (SSSR count). The zero-order chi connectivity index (χ0) is 20.6. The van der Waals surface area contributed by atoms with Crippen LogP contribution in [0.1, 0.15) is 27.6 Å². The molecule has 0 unspecified atom stereocenters. The summed E-state index contributed by atoms with van der Waals surface area (Å²) in [5, 5.41) is 5.50. The monoisotopic (exact) mass is 388 g/mol. The number of Topliss-reactive ketones (excluding diaryl/α,β-unsaturated/α-hetero) is 1. The molecule has 6 heteroatoms. The molecule has 0 saturated heterocycles. The molecule has 0 aliphatic heterocycles. The minimum absolute atomic E-state index is 0.0328. The average Bonchev–Trinajstić information content (AvgIpc) is 2.74. The Morgan fingerprint density at radius 1 is 0.724 bits per heavy atom. The van der Waals surface area contributed by atoms with Crippen molar-refractivity contribution in [2.75, 3.05) is 17.2 Å². The molecule has 0 bridgehead atoms. The van der Waals surface area contributed by atoms with Crippen molar-refractivity contribution in [1.82, 2.24) is 0 Å². The summed E-state index contributed by atoms with van der Waals surface area (Å²) in [6.45, 7) is 1.32. The molecule has 29 heavy (non-hydrogen) atoms. The van der Waals surface area contributed by atoms with Gasteiger partial charge in [-0.3, -0.25) is 14.4 Å². The maximum atomic E-state index is 12.1. The molecule has 146 valence electrons. The minimum atomic E-state index is -0.318. The van der Waals surface area contributed by atoms with Gasteiger partial charge in [0.1, 0.15) is 5.75 Å². The second-order valence-electron chi connectivity index (χ2n) is 6.31. The predicted octanol–water partition coefficient (Wildman–Crippen LogP) is 4.16. The van der Waals surface area contributed by atoms with Crippen LogP contribution in [0, 0.1) is 0 Å². The fourth-order valence-electron chi connectivity index (χ4n) is 2.56. The molecule has 0 fully saturated rings. The minimum Gasteiger partial charge on any atom is -0.484 e. The fourth-order valence-corrected chi connectivity index (χ4v) is 2.56. The van der Waals surface area contributed by atoms with Gasteiger partial charge >= 0.3 is 0 Å². The van der Waals surface area contributed by atoms with Gasteiger partial charge < -0.3 is 15.4 Å². The summed E-state index contributed by atoms with van der Waals surface area (Å²) >= 11 is 0. The Balaban J connectivity index is 1.48. The van der Waals surface area contributed by atoms with Crippen LogP contribution >= 0.6 is 0 Å². The Morgan fingerprint density at radius 3 is 1.93 bits per heavy atom. The summed E-state index contributed by atoms with van der Waals surface area (Å²) in [5.41, 5.74) is 2.36. The summed E-state index contributed by atoms with van der Waals surface area (Å²) in [6.07, 6.45) is 0. The Labute approximate surface area is 168 Å². The Kier molecular flexibility index (Phi) is 6.37. The summed E-state index contributed by atoms with van der Waals surface area (Å²) in [5.74, 6) is -0.0455. The van der Waals surface area contributed by atoms with Crippen LogP contribution in [0.4, 0.5) is 11.4 Å². The molecule has 0 spiro atoms. The Morgan fingerprint density at radius 2 is 1.31 bits per heavy atom. The van der Waals surface area contributed by atoms with Crippen LogP contribution in [-0.4, -0.2) is 24.2 Å². The number of benzene rings is 3. The molecule has 2 amide bonds. The van der Waals surface area contributed by atoms with E-state index in [1.165, 1.54) is 6.92 Å². The molecule has 0 saturated carbocycles. The van der Waals surface area contributed by atoms with Gasteiger partial charge in [-0.1, -0.05) is 18.2 Å². The fraction of sp³-hybridized carbons (Fsp3) is 0.0870. The van der Waals surface area contributed by atoms with E-state index in [4.69, 9.17) is 4.74 Å². The van der Waals surface area contributed by atoms with Gasteiger partial charge in [0, 0.05) is 22.5 Å². The van der Waals surface area contributed by atoms with Crippen LogP contribution in [0.15, 0.2) is 78.9 Å². The normalized spacial score (nSPS) is 10.1. The highest BCUT2D eigenvalue weighted by Crippen LogP contribution is 2.17. The van der Waals surface area contributed by atoms with Crippen LogP contribution in [-0.2, 0) is 4.79 Å². The third-order valence-corrected chi connectivity index (χ3v) is 4.09. The molecule has 0 aliphatic carbocycles. The van der Waals surface area contributed by atoms with Gasteiger partial charge in [0.2, 0.25) is 0 Å². The molecule has 3 aromatic carbocycles. The number of rotatable bonds is 7. The molecule has 0 aliphatic rings. The molecule has 6 nitrogen and oxygen atoms in total. The van der Waals surface area contributed by atoms with Crippen molar-refractivity contribution in [3.05, 3.63) is 90.0 Å². The van der Waals surface area contributed by atoms with E-state index in [1.807, 2.05) is 6.07 Å². The van der Waals surface area contributed by atoms with Gasteiger partial charge in [-0.2, -0.15) is 0 Å². The number of carbonyl (C=O) groups excluding carboxylic acids is 3. The van der Waals surface area contributed by atoms with E-state index >= 15 is 0 Å². The number of carbonyl (C=O) groups is 3. The van der Waals surface area contributed by atoms with Crippen molar-refractivity contribution in [1.29, 1.82) is 0 Å². The van der Waals surface area contributed by atoms with E-state index in [-0.39, 0.29) is 24.2 Å². The molecule has 0 radical (unpaired) electrons. The van der Waals surface area contributed by atoms with Crippen LogP contribution in [0.5, 0.6) is 5.75 Å². The Bertz CT molecular complexity index is 997. The number of nitrogens with one attached hydrogen (secondary N) is 2. The quantitative estimate of drug-likeness (QED) is 0.595. The first-order valence-corrected chi connectivity index (χ1v) is 9.01. The summed E-state index contributed by atoms with van der Waals surface area (Å²) in [7, 11) is 0. The van der Waals surface area contributed by atoms with Crippen molar-refractivity contribution < 1.29 is 19.1 Å². The van der Waals surface area contributed by atoms with Crippen molar-refractivity contribution >= 4 is 29.0 Å². The van der Waals surface area contributed by atoms with Crippen molar-refractivity contribution in [2.24, 2.45) is 0 Å². The molecule has 2 N–H and O–H groups in total. The van der Waals surface area contributed by atoms with E-state index in [0.29, 0.717) is 28.3 Å². The molecule has 0 heterocycles. The zero-order valence-corrected chi connectivity index (χ0v) is 15.8. The lowest BCUT2D eigenvalue weighted by Crippen LogP contribution is -2.20. The number of hydrogen-bond acceptors (Lipinski definition) is 4. The lowest BCUT2D eigenvalue weighted by molar-refractivity contribution is -0.118. The van der Waals surface area contributed by atoms with Gasteiger partial charge in [0.25, 0.3) is 11.8 Å². The van der Waals surface area contributed by atoms with Crippen LogP contribution in [0.25, 0.3) is 0 Å². The molecule has 0 atom stereocenters. The number of ether oxygens (including phenoxy) is 1. The van der Waals surface area contributed by atoms with Crippen LogP contribution in [0.2, 0.25) is 0 Å². The first kappa shape index (κ1) is 19.8. The lowest BCUT2D eigenvalue weighted by atomic mass is 10.1. The average molecular weight is 388 g/mol. The lowest BCUT2D eigenvalue weighted by Gasteiger charge is -2.09. The third kappa shape index (κ3) is 5.77. The van der Waals surface area contributed by atoms with E-state index in [2.05, 4.69) is 10.6 Å². The highest BCUT2D eigenvalue weighted by atomic mass is 16.5. The van der Waals surface area contributed by atoms with Crippen molar-refractivity contribution in [2.45, 2.75) is 6.92 Å². The summed E-state index contributed by atoms with van der Waals surface area (Å²) < 4.78 is 5.47. The van der Waals surface area contributed by atoms with Gasteiger partial charge in [0.05, 0.1) is 0 Å². The van der Waals surface area contributed by atoms with Gasteiger partial charge in [0.15, 0.2) is 12.4 Å². The smallest absolute Gasteiger partial charge is 0.262 e. The third-order valence-electron chi connectivity index (χ3n) is 4.09. The highest BCUT2D eigenvalue weighted by molar-refractivity contribution is 6.04. The number of hydrogen-bond donors (Lipinski definition) is 2. The maximum absolute atomic E-state index is 12.1. The van der Waals surface area contributed by atoms with E-state index in [1.54, 1.807) is 72.8 Å². The van der Waals surface area contributed by atoms with Gasteiger partial charge in [-0.15, -0.1) is 0 Å². The standard InChI is InChI=1S/C23H20N2O4/c1-16(26)17-7-9-19(10-8-17)24-22(27)15-29-21-13-11-20(12-14-21)25-23(28)18-5-3-2-4-6-18/h2-14H,15H2,1H3,(H,24,27)(H,25,28). The van der Waals surface area contributed by atoms with E-state index < -0.39 is 0 Å². The second-order valence-corrected chi connectivity index (χ2v) is 6.31. The van der Waals surface area contributed by atoms with Crippen molar-refractivity contribution in [3.63, 3.8) is 0 Å². The molecule has 0 aromatic heterocycles. The molecular weight excluding hydrogens is 368 g/mol.